The van der Waals surface area contributed by atoms with Crippen molar-refractivity contribution >= 4 is 27.3 Å². The number of hydrogen-bond donors (Lipinski definition) is 2. The summed E-state index contributed by atoms with van der Waals surface area (Å²) in [7, 11) is -3.58. The molecule has 7 nitrogen and oxygen atoms in total. The highest BCUT2D eigenvalue weighted by Gasteiger charge is 2.19. The number of carbonyl (C=O) groups excluding carboxylic acids is 1. The van der Waals surface area contributed by atoms with Crippen LogP contribution in [0.5, 0.6) is 0 Å². The summed E-state index contributed by atoms with van der Waals surface area (Å²) >= 11 is 1.53. The summed E-state index contributed by atoms with van der Waals surface area (Å²) in [5, 5.41) is 14.6. The second-order valence-electron chi connectivity index (χ2n) is 7.36. The second-order valence-corrected chi connectivity index (χ2v) is 9.92. The van der Waals surface area contributed by atoms with Crippen molar-refractivity contribution < 1.29 is 13.2 Å². The van der Waals surface area contributed by atoms with Gasteiger partial charge in [-0.3, -0.25) is 9.48 Å². The first-order chi connectivity index (χ1) is 15.4. The summed E-state index contributed by atoms with van der Waals surface area (Å²) in [6.45, 7) is 0.875. The number of hydrogen-bond acceptors (Lipinski definition) is 5. The maximum Gasteiger partial charge on any atom is 0.255 e. The quantitative estimate of drug-likeness (QED) is 0.415. The third-order valence-corrected chi connectivity index (χ3v) is 6.40. The molecule has 0 atom stereocenters. The van der Waals surface area contributed by atoms with Crippen molar-refractivity contribution in [3.63, 3.8) is 0 Å². The normalized spacial score (nSPS) is 11.4. The first-order valence-corrected chi connectivity index (χ1v) is 12.5. The van der Waals surface area contributed by atoms with Gasteiger partial charge in [0.2, 0.25) is 10.0 Å². The Morgan fingerprint density at radius 2 is 1.69 bits per heavy atom. The minimum absolute atomic E-state index is 0.218. The van der Waals surface area contributed by atoms with Crippen LogP contribution in [0.15, 0.2) is 78.3 Å². The van der Waals surface area contributed by atoms with Gasteiger partial charge in [0.1, 0.15) is 5.69 Å². The zero-order valence-corrected chi connectivity index (χ0v) is 18.8. The van der Waals surface area contributed by atoms with Crippen LogP contribution in [0.25, 0.3) is 10.6 Å². The van der Waals surface area contributed by atoms with Gasteiger partial charge < -0.3 is 5.32 Å². The Balaban J connectivity index is 1.50. The van der Waals surface area contributed by atoms with Crippen molar-refractivity contribution in [1.29, 1.82) is 0 Å². The number of amides is 1. The summed E-state index contributed by atoms with van der Waals surface area (Å²) in [4.78, 5) is 13.9. The predicted molar refractivity (Wildman–Crippen MR) is 126 cm³/mol. The van der Waals surface area contributed by atoms with Crippen LogP contribution >= 0.6 is 11.3 Å². The van der Waals surface area contributed by atoms with Crippen LogP contribution in [0.3, 0.4) is 0 Å². The van der Waals surface area contributed by atoms with E-state index in [0.717, 1.165) is 16.0 Å². The Morgan fingerprint density at radius 3 is 2.34 bits per heavy atom. The molecule has 0 aliphatic rings. The van der Waals surface area contributed by atoms with Gasteiger partial charge in [0, 0.05) is 12.7 Å². The molecule has 4 rings (SSSR count). The molecular formula is C23H22N4O3S2. The second kappa shape index (κ2) is 9.47. The summed E-state index contributed by atoms with van der Waals surface area (Å²) in [6.07, 6.45) is 1.77. The molecule has 3 N–H and O–H groups in total. The van der Waals surface area contributed by atoms with E-state index in [4.69, 9.17) is 5.14 Å². The molecule has 164 valence electrons. The largest absolute Gasteiger partial charge is 0.348 e. The fourth-order valence-corrected chi connectivity index (χ4v) is 4.68. The zero-order chi connectivity index (χ0) is 22.6. The minimum atomic E-state index is -3.58. The fourth-order valence-electron chi connectivity index (χ4n) is 3.30. The van der Waals surface area contributed by atoms with Gasteiger partial charge in [-0.1, -0.05) is 60.7 Å². The van der Waals surface area contributed by atoms with Crippen molar-refractivity contribution in [2.45, 2.75) is 18.8 Å². The molecule has 2 aromatic heterocycles. The van der Waals surface area contributed by atoms with E-state index in [9.17, 15) is 13.2 Å². The lowest BCUT2D eigenvalue weighted by Gasteiger charge is -2.06. The number of nitrogens with one attached hydrogen (secondary N) is 1. The molecule has 0 fully saturated rings. The average molecular weight is 467 g/mol. The average Bonchev–Trinajstić information content (AvgIpc) is 3.43. The highest BCUT2D eigenvalue weighted by atomic mass is 32.2. The SMILES string of the molecule is NS(=O)(=O)Cc1ccc(CNC(=O)c2cn(Cc3ccccc3)nc2-c2cccs2)cc1. The van der Waals surface area contributed by atoms with Crippen molar-refractivity contribution in [1.82, 2.24) is 15.1 Å². The van der Waals surface area contributed by atoms with Crippen molar-refractivity contribution in [3.8, 4) is 10.6 Å². The Labute approximate surface area is 190 Å². The van der Waals surface area contributed by atoms with Crippen molar-refractivity contribution in [3.05, 3.63) is 101 Å². The third-order valence-electron chi connectivity index (χ3n) is 4.79. The molecule has 0 saturated carbocycles. The molecule has 0 saturated heterocycles. The lowest BCUT2D eigenvalue weighted by molar-refractivity contribution is 0.0951. The van der Waals surface area contributed by atoms with E-state index in [1.165, 1.54) is 11.3 Å². The van der Waals surface area contributed by atoms with Crippen LogP contribution < -0.4 is 10.5 Å². The highest BCUT2D eigenvalue weighted by molar-refractivity contribution is 7.88. The molecule has 0 aliphatic heterocycles. The van der Waals surface area contributed by atoms with E-state index in [0.29, 0.717) is 29.9 Å². The molecule has 2 heterocycles. The van der Waals surface area contributed by atoms with Crippen LogP contribution in [0, 0.1) is 0 Å². The number of rotatable bonds is 8. The number of sulfonamides is 1. The molecule has 0 bridgehead atoms. The lowest BCUT2D eigenvalue weighted by Crippen LogP contribution is -2.23. The van der Waals surface area contributed by atoms with Gasteiger partial charge in [0.25, 0.3) is 5.91 Å². The van der Waals surface area contributed by atoms with Gasteiger partial charge in [0.05, 0.1) is 22.7 Å². The molecule has 0 aliphatic carbocycles. The van der Waals surface area contributed by atoms with Crippen LogP contribution in [-0.4, -0.2) is 24.1 Å². The molecule has 0 unspecified atom stereocenters. The van der Waals surface area contributed by atoms with Gasteiger partial charge in [-0.05, 0) is 28.1 Å². The molecule has 4 aromatic rings. The number of aromatic nitrogens is 2. The Morgan fingerprint density at radius 1 is 0.969 bits per heavy atom. The van der Waals surface area contributed by atoms with Gasteiger partial charge in [-0.15, -0.1) is 11.3 Å². The van der Waals surface area contributed by atoms with Crippen molar-refractivity contribution in [2.75, 3.05) is 0 Å². The topological polar surface area (TPSA) is 107 Å². The van der Waals surface area contributed by atoms with E-state index in [-0.39, 0.29) is 11.7 Å². The van der Waals surface area contributed by atoms with E-state index in [1.54, 1.807) is 35.1 Å². The van der Waals surface area contributed by atoms with E-state index in [1.807, 2.05) is 47.8 Å². The van der Waals surface area contributed by atoms with E-state index < -0.39 is 10.0 Å². The fraction of sp³-hybridized carbons (Fsp3) is 0.130. The molecule has 0 spiro atoms. The van der Waals surface area contributed by atoms with Crippen LogP contribution in [0.1, 0.15) is 27.0 Å². The molecule has 2 aromatic carbocycles. The molecular weight excluding hydrogens is 444 g/mol. The smallest absolute Gasteiger partial charge is 0.255 e. The Bertz CT molecular complexity index is 1300. The molecule has 1 amide bonds. The number of benzene rings is 2. The summed E-state index contributed by atoms with van der Waals surface area (Å²) in [6, 6.07) is 20.8. The minimum Gasteiger partial charge on any atom is -0.348 e. The lowest BCUT2D eigenvalue weighted by atomic mass is 10.1. The van der Waals surface area contributed by atoms with Gasteiger partial charge >= 0.3 is 0 Å². The Kier molecular flexibility index (Phi) is 6.50. The molecule has 32 heavy (non-hydrogen) atoms. The maximum atomic E-state index is 13.0. The monoisotopic (exact) mass is 466 g/mol. The molecule has 0 radical (unpaired) electrons. The zero-order valence-electron chi connectivity index (χ0n) is 17.1. The van der Waals surface area contributed by atoms with Gasteiger partial charge in [-0.2, -0.15) is 5.10 Å². The Hall–Kier alpha value is -3.27. The number of nitrogens with zero attached hydrogens (tertiary/aromatic N) is 2. The van der Waals surface area contributed by atoms with Crippen molar-refractivity contribution in [2.24, 2.45) is 5.14 Å². The summed E-state index contributed by atoms with van der Waals surface area (Å²) in [5.74, 6) is -0.439. The van der Waals surface area contributed by atoms with Crippen LogP contribution in [0.2, 0.25) is 0 Å². The first-order valence-electron chi connectivity index (χ1n) is 9.89. The molecule has 9 heteroatoms. The van der Waals surface area contributed by atoms with E-state index in [2.05, 4.69) is 10.4 Å². The third kappa shape index (κ3) is 5.70. The summed E-state index contributed by atoms with van der Waals surface area (Å²) in [5.41, 5.74) is 3.71. The van der Waals surface area contributed by atoms with Gasteiger partial charge in [-0.25, -0.2) is 13.6 Å². The highest BCUT2D eigenvalue weighted by Crippen LogP contribution is 2.27. The van der Waals surface area contributed by atoms with E-state index >= 15 is 0 Å². The number of carbonyl (C=O) groups is 1. The number of thiophene rings is 1. The number of primary sulfonamides is 1. The standard InChI is InChI=1S/C23H22N4O3S2/c24-32(29,30)16-19-10-8-17(9-11-19)13-25-23(28)20-15-27(14-18-5-2-1-3-6-18)26-22(20)21-7-4-12-31-21/h1-12,15H,13-14,16H2,(H,25,28)(H2,24,29,30). The van der Waals surface area contributed by atoms with Gasteiger partial charge in [0.15, 0.2) is 0 Å². The predicted octanol–water partition coefficient (Wildman–Crippen LogP) is 3.38. The number of nitrogens with two attached hydrogens (primary N) is 1. The van der Waals surface area contributed by atoms with Crippen LogP contribution in [-0.2, 0) is 28.9 Å². The summed E-state index contributed by atoms with van der Waals surface area (Å²) < 4.78 is 24.2. The first kappa shape index (κ1) is 21.9. The van der Waals surface area contributed by atoms with Crippen LogP contribution in [0.4, 0.5) is 0 Å². The maximum absolute atomic E-state index is 13.0.